The first kappa shape index (κ1) is 21.6. The molecule has 1 heterocycles. The van der Waals surface area contributed by atoms with E-state index in [0.717, 1.165) is 35.0 Å². The third-order valence-corrected chi connectivity index (χ3v) is 6.68. The molecule has 0 unspecified atom stereocenters. The number of rotatable bonds is 9. The summed E-state index contributed by atoms with van der Waals surface area (Å²) in [5, 5.41) is 0.734. The second kappa shape index (κ2) is 10.1. The van der Waals surface area contributed by atoms with Gasteiger partial charge < -0.3 is 9.64 Å². The van der Waals surface area contributed by atoms with Crippen molar-refractivity contribution in [3.63, 3.8) is 0 Å². The Labute approximate surface area is 180 Å². The minimum atomic E-state index is -0.0554. The number of anilines is 1. The molecule has 5 nitrogen and oxygen atoms in total. The van der Waals surface area contributed by atoms with Crippen LogP contribution in [0.25, 0.3) is 10.2 Å². The number of hydrogen-bond acceptors (Lipinski definition) is 6. The van der Waals surface area contributed by atoms with Gasteiger partial charge in [0.25, 0.3) is 5.91 Å². The van der Waals surface area contributed by atoms with E-state index < -0.39 is 0 Å². The van der Waals surface area contributed by atoms with Gasteiger partial charge in [-0.1, -0.05) is 31.3 Å². The Morgan fingerprint density at radius 2 is 1.93 bits per heavy atom. The molecule has 0 aliphatic heterocycles. The molecule has 7 heteroatoms. The van der Waals surface area contributed by atoms with E-state index in [1.165, 1.54) is 4.90 Å². The maximum absolute atomic E-state index is 13.4. The van der Waals surface area contributed by atoms with Gasteiger partial charge in [-0.25, -0.2) is 4.98 Å². The lowest BCUT2D eigenvalue weighted by Gasteiger charge is -2.24. The molecule has 0 saturated heterocycles. The molecule has 0 aliphatic rings. The first-order valence-electron chi connectivity index (χ1n) is 9.72. The maximum atomic E-state index is 13.4. The molecule has 2 aromatic carbocycles. The van der Waals surface area contributed by atoms with Crippen LogP contribution in [0.15, 0.2) is 47.4 Å². The Bertz CT molecular complexity index is 970. The highest BCUT2D eigenvalue weighted by Crippen LogP contribution is 2.32. The van der Waals surface area contributed by atoms with Crippen molar-refractivity contribution < 1.29 is 9.53 Å². The average molecular weight is 430 g/mol. The van der Waals surface area contributed by atoms with E-state index in [0.29, 0.717) is 17.9 Å². The van der Waals surface area contributed by atoms with Gasteiger partial charge in [0.15, 0.2) is 5.13 Å². The zero-order valence-corrected chi connectivity index (χ0v) is 19.0. The van der Waals surface area contributed by atoms with Crippen LogP contribution < -0.4 is 9.64 Å². The van der Waals surface area contributed by atoms with Crippen molar-refractivity contribution >= 4 is 44.4 Å². The molecule has 154 valence electrons. The summed E-state index contributed by atoms with van der Waals surface area (Å²) in [6, 6.07) is 13.5. The molecule has 0 spiro atoms. The van der Waals surface area contributed by atoms with Crippen molar-refractivity contribution in [3.8, 4) is 5.75 Å². The van der Waals surface area contributed by atoms with Gasteiger partial charge >= 0.3 is 0 Å². The Morgan fingerprint density at radius 3 is 2.62 bits per heavy atom. The topological polar surface area (TPSA) is 45.7 Å². The second-order valence-corrected chi connectivity index (χ2v) is 8.43. The van der Waals surface area contributed by atoms with E-state index >= 15 is 0 Å². The van der Waals surface area contributed by atoms with E-state index in [2.05, 4.69) is 37.1 Å². The SMILES string of the molecule is CCN(CC)CCN(C(=O)c1cccc(OC)c1)c1nc2ccc(SC)cc2s1. The number of likely N-dealkylation sites (N-methyl/N-ethyl adjacent to an activating group) is 1. The largest absolute Gasteiger partial charge is 0.497 e. The lowest BCUT2D eigenvalue weighted by molar-refractivity contribution is 0.0983. The molecule has 0 radical (unpaired) electrons. The lowest BCUT2D eigenvalue weighted by Crippen LogP contribution is -2.38. The molecule has 0 bridgehead atoms. The monoisotopic (exact) mass is 429 g/mol. The summed E-state index contributed by atoms with van der Waals surface area (Å²) in [4.78, 5) is 23.5. The standard InChI is InChI=1S/C22H27N3O2S2/c1-5-24(6-2)12-13-25(21(26)16-8-7-9-17(14-16)27-3)22-23-19-11-10-18(28-4)15-20(19)29-22/h7-11,14-15H,5-6,12-13H2,1-4H3. The molecule has 3 aromatic rings. The molecule has 3 rings (SSSR count). The van der Waals surface area contributed by atoms with Crippen molar-refractivity contribution in [2.75, 3.05) is 44.4 Å². The van der Waals surface area contributed by atoms with E-state index in [1.807, 2.05) is 24.3 Å². The molecule has 0 N–H and O–H groups in total. The minimum absolute atomic E-state index is 0.0554. The van der Waals surface area contributed by atoms with E-state index in [-0.39, 0.29) is 5.91 Å². The molecular weight excluding hydrogens is 402 g/mol. The van der Waals surface area contributed by atoms with Gasteiger partial charge in [-0.3, -0.25) is 9.69 Å². The fraction of sp³-hybridized carbons (Fsp3) is 0.364. The maximum Gasteiger partial charge on any atom is 0.260 e. The molecule has 1 amide bonds. The van der Waals surface area contributed by atoms with Crippen molar-refractivity contribution in [1.82, 2.24) is 9.88 Å². The Balaban J connectivity index is 1.96. The molecular formula is C22H27N3O2S2. The summed E-state index contributed by atoms with van der Waals surface area (Å²) >= 11 is 3.27. The third-order valence-electron chi connectivity index (χ3n) is 4.91. The highest BCUT2D eigenvalue weighted by Gasteiger charge is 2.22. The van der Waals surface area contributed by atoms with Crippen LogP contribution in [0.5, 0.6) is 5.75 Å². The smallest absolute Gasteiger partial charge is 0.260 e. The number of carbonyl (C=O) groups excluding carboxylic acids is 1. The zero-order valence-electron chi connectivity index (χ0n) is 17.3. The number of thiazole rings is 1. The number of benzene rings is 2. The minimum Gasteiger partial charge on any atom is -0.497 e. The number of amides is 1. The van der Waals surface area contributed by atoms with Gasteiger partial charge in [0.2, 0.25) is 0 Å². The highest BCUT2D eigenvalue weighted by molar-refractivity contribution is 7.98. The van der Waals surface area contributed by atoms with Gasteiger partial charge in [-0.15, -0.1) is 11.8 Å². The number of fused-ring (bicyclic) bond motifs is 1. The summed E-state index contributed by atoms with van der Waals surface area (Å²) in [5.74, 6) is 0.619. The van der Waals surface area contributed by atoms with E-state index in [9.17, 15) is 4.79 Å². The quantitative estimate of drug-likeness (QED) is 0.447. The number of thioether (sulfide) groups is 1. The molecule has 0 atom stereocenters. The summed E-state index contributed by atoms with van der Waals surface area (Å²) < 4.78 is 6.40. The van der Waals surface area contributed by atoms with E-state index in [1.54, 1.807) is 41.2 Å². The van der Waals surface area contributed by atoms with Crippen LogP contribution in [0.2, 0.25) is 0 Å². The first-order chi connectivity index (χ1) is 14.1. The molecule has 0 fully saturated rings. The van der Waals surface area contributed by atoms with Gasteiger partial charge in [0.05, 0.1) is 17.3 Å². The Morgan fingerprint density at radius 1 is 1.14 bits per heavy atom. The molecule has 1 aromatic heterocycles. The molecule has 29 heavy (non-hydrogen) atoms. The fourth-order valence-corrected chi connectivity index (χ4v) is 4.66. The van der Waals surface area contributed by atoms with Gasteiger partial charge in [-0.05, 0) is 55.7 Å². The van der Waals surface area contributed by atoms with Crippen LogP contribution in [-0.4, -0.2) is 55.3 Å². The number of hydrogen-bond donors (Lipinski definition) is 0. The van der Waals surface area contributed by atoms with Gasteiger partial charge in [-0.2, -0.15) is 0 Å². The number of carbonyl (C=O) groups is 1. The number of aromatic nitrogens is 1. The normalized spacial score (nSPS) is 11.2. The van der Waals surface area contributed by atoms with Crippen LogP contribution in [0.1, 0.15) is 24.2 Å². The predicted octanol–water partition coefficient (Wildman–Crippen LogP) is 5.02. The summed E-state index contributed by atoms with van der Waals surface area (Å²) in [6.07, 6.45) is 2.06. The number of methoxy groups -OCH3 is 1. The zero-order chi connectivity index (χ0) is 20.8. The van der Waals surface area contributed by atoms with Gasteiger partial charge in [0.1, 0.15) is 5.75 Å². The highest BCUT2D eigenvalue weighted by atomic mass is 32.2. The van der Waals surface area contributed by atoms with Crippen molar-refractivity contribution in [2.24, 2.45) is 0 Å². The van der Waals surface area contributed by atoms with Gasteiger partial charge in [0, 0.05) is 23.5 Å². The summed E-state index contributed by atoms with van der Waals surface area (Å²) in [7, 11) is 1.61. The van der Waals surface area contributed by atoms with Crippen molar-refractivity contribution in [2.45, 2.75) is 18.7 Å². The van der Waals surface area contributed by atoms with E-state index in [4.69, 9.17) is 9.72 Å². The van der Waals surface area contributed by atoms with Crippen LogP contribution in [-0.2, 0) is 0 Å². The fourth-order valence-electron chi connectivity index (χ4n) is 3.11. The number of ether oxygens (including phenoxy) is 1. The van der Waals surface area contributed by atoms with Crippen LogP contribution in [0.4, 0.5) is 5.13 Å². The van der Waals surface area contributed by atoms with Crippen LogP contribution >= 0.6 is 23.1 Å². The molecule has 0 saturated carbocycles. The summed E-state index contributed by atoms with van der Waals surface area (Å²) in [5.41, 5.74) is 1.53. The van der Waals surface area contributed by atoms with Crippen molar-refractivity contribution in [3.05, 3.63) is 48.0 Å². The molecule has 0 aliphatic carbocycles. The van der Waals surface area contributed by atoms with Crippen LogP contribution in [0, 0.1) is 0 Å². The Hall–Kier alpha value is -2.09. The first-order valence-corrected chi connectivity index (χ1v) is 11.8. The number of nitrogens with zero attached hydrogens (tertiary/aromatic N) is 3. The lowest BCUT2D eigenvalue weighted by atomic mass is 10.2. The Kier molecular flexibility index (Phi) is 7.52. The van der Waals surface area contributed by atoms with Crippen molar-refractivity contribution in [1.29, 1.82) is 0 Å². The third kappa shape index (κ3) is 5.10. The van der Waals surface area contributed by atoms with Crippen LogP contribution in [0.3, 0.4) is 0 Å². The average Bonchev–Trinajstić information content (AvgIpc) is 3.19. The predicted molar refractivity (Wildman–Crippen MR) is 124 cm³/mol. The summed E-state index contributed by atoms with van der Waals surface area (Å²) in [6.45, 7) is 7.57. The second-order valence-electron chi connectivity index (χ2n) is 6.55.